The van der Waals surface area contributed by atoms with E-state index < -0.39 is 17.7 Å². The van der Waals surface area contributed by atoms with Crippen molar-refractivity contribution in [3.63, 3.8) is 0 Å². The zero-order valence-corrected chi connectivity index (χ0v) is 17.3. The lowest BCUT2D eigenvalue weighted by Crippen LogP contribution is -2.47. The third-order valence-corrected chi connectivity index (χ3v) is 6.01. The molecule has 4 nitrogen and oxygen atoms in total. The Hall–Kier alpha value is -2.93. The van der Waals surface area contributed by atoms with E-state index in [-0.39, 0.29) is 24.0 Å². The van der Waals surface area contributed by atoms with Gasteiger partial charge in [-0.2, -0.15) is 13.2 Å². The molecule has 162 valence electrons. The minimum absolute atomic E-state index is 0.0458. The number of hydrogen-bond acceptors (Lipinski definition) is 3. The molecule has 0 radical (unpaired) electrons. The minimum atomic E-state index is -4.43. The standard InChI is InChI=1S/C24H23F3N2O2/c1-28(2)29-20-12-17(15-6-4-3-5-7-15)13-21(30)23(20)19(14-22(29)31)16-8-10-18(11-9-16)24(25,26)27/h3-11,17,19H,12-14H2,1-2H3/t17-,19-/m1/s1. The van der Waals surface area contributed by atoms with Crippen LogP contribution in [0.5, 0.6) is 0 Å². The number of Topliss-reactive ketones (excluding diaryl/α,β-unsaturated/α-hetero) is 1. The number of carbonyl (C=O) groups is 2. The number of alkyl halides is 3. The summed E-state index contributed by atoms with van der Waals surface area (Å²) in [6, 6.07) is 14.5. The van der Waals surface area contributed by atoms with Crippen LogP contribution in [-0.2, 0) is 15.8 Å². The molecular formula is C24H23F3N2O2. The maximum absolute atomic E-state index is 13.3. The summed E-state index contributed by atoms with van der Waals surface area (Å²) >= 11 is 0. The van der Waals surface area contributed by atoms with Crippen molar-refractivity contribution in [2.45, 2.75) is 37.3 Å². The SMILES string of the molecule is CN(C)N1C(=O)C[C@H](c2ccc(C(F)(F)F)cc2)C2=C1C[C@@H](c1ccccc1)CC2=O. The zero-order chi connectivity index (χ0) is 22.3. The number of halogens is 3. The molecule has 0 saturated heterocycles. The van der Waals surface area contributed by atoms with Crippen LogP contribution in [0, 0.1) is 0 Å². The van der Waals surface area contributed by atoms with Gasteiger partial charge in [-0.25, -0.2) is 10.0 Å². The second kappa shape index (κ2) is 7.96. The number of nitrogens with zero attached hydrogens (tertiary/aromatic N) is 2. The van der Waals surface area contributed by atoms with E-state index >= 15 is 0 Å². The number of hydrazine groups is 1. The van der Waals surface area contributed by atoms with E-state index in [4.69, 9.17) is 0 Å². The normalized spacial score (nSPS) is 22.2. The molecule has 0 fully saturated rings. The van der Waals surface area contributed by atoms with Crippen LogP contribution in [-0.4, -0.2) is 35.8 Å². The van der Waals surface area contributed by atoms with Crippen LogP contribution in [0.1, 0.15) is 47.8 Å². The summed E-state index contributed by atoms with van der Waals surface area (Å²) in [4.78, 5) is 26.3. The Morgan fingerprint density at radius 3 is 2.10 bits per heavy atom. The molecule has 0 bridgehead atoms. The summed E-state index contributed by atoms with van der Waals surface area (Å²) in [5.41, 5.74) is 2.03. The highest BCUT2D eigenvalue weighted by Gasteiger charge is 2.43. The fraction of sp³-hybridized carbons (Fsp3) is 0.333. The number of hydrogen-bond donors (Lipinski definition) is 0. The molecule has 31 heavy (non-hydrogen) atoms. The van der Waals surface area contributed by atoms with Crippen LogP contribution in [0.15, 0.2) is 65.9 Å². The summed E-state index contributed by atoms with van der Waals surface area (Å²) < 4.78 is 38.9. The van der Waals surface area contributed by atoms with E-state index in [1.54, 1.807) is 24.1 Å². The van der Waals surface area contributed by atoms with Crippen molar-refractivity contribution in [2.24, 2.45) is 0 Å². The van der Waals surface area contributed by atoms with Gasteiger partial charge in [-0.3, -0.25) is 9.59 Å². The average Bonchev–Trinajstić information content (AvgIpc) is 2.72. The number of carbonyl (C=O) groups excluding carboxylic acids is 2. The molecule has 0 saturated carbocycles. The topological polar surface area (TPSA) is 40.6 Å². The first kappa shape index (κ1) is 21.3. The Morgan fingerprint density at radius 1 is 0.871 bits per heavy atom. The predicted octanol–water partition coefficient (Wildman–Crippen LogP) is 4.90. The van der Waals surface area contributed by atoms with Gasteiger partial charge in [0, 0.05) is 44.1 Å². The summed E-state index contributed by atoms with van der Waals surface area (Å²) in [5, 5.41) is 3.21. The van der Waals surface area contributed by atoms with Crippen molar-refractivity contribution in [2.75, 3.05) is 14.1 Å². The molecule has 0 spiro atoms. The van der Waals surface area contributed by atoms with Crippen molar-refractivity contribution in [3.05, 3.63) is 82.6 Å². The highest BCUT2D eigenvalue weighted by atomic mass is 19.4. The second-order valence-electron chi connectivity index (χ2n) is 8.23. The molecule has 2 aliphatic rings. The number of allylic oxidation sites excluding steroid dienone is 2. The maximum Gasteiger partial charge on any atom is 0.416 e. The van der Waals surface area contributed by atoms with Crippen molar-refractivity contribution in [3.8, 4) is 0 Å². The molecule has 1 aliphatic carbocycles. The van der Waals surface area contributed by atoms with Gasteiger partial charge in [-0.15, -0.1) is 0 Å². The van der Waals surface area contributed by atoms with Gasteiger partial charge in [0.15, 0.2) is 5.78 Å². The van der Waals surface area contributed by atoms with Gasteiger partial charge in [0.1, 0.15) is 0 Å². The van der Waals surface area contributed by atoms with Crippen LogP contribution in [0.25, 0.3) is 0 Å². The second-order valence-corrected chi connectivity index (χ2v) is 8.23. The Balaban J connectivity index is 1.77. The molecule has 2 aromatic rings. The summed E-state index contributed by atoms with van der Waals surface area (Å²) in [7, 11) is 3.50. The van der Waals surface area contributed by atoms with Crippen LogP contribution in [0.2, 0.25) is 0 Å². The molecule has 1 amide bonds. The van der Waals surface area contributed by atoms with Gasteiger partial charge in [-0.05, 0) is 35.6 Å². The first-order valence-corrected chi connectivity index (χ1v) is 10.2. The smallest absolute Gasteiger partial charge is 0.294 e. The third-order valence-electron chi connectivity index (χ3n) is 6.01. The minimum Gasteiger partial charge on any atom is -0.294 e. The Bertz CT molecular complexity index is 1030. The molecule has 0 N–H and O–H groups in total. The first-order valence-electron chi connectivity index (χ1n) is 10.2. The molecule has 2 aromatic carbocycles. The van der Waals surface area contributed by atoms with E-state index in [2.05, 4.69) is 0 Å². The summed E-state index contributed by atoms with van der Waals surface area (Å²) in [6.07, 6.45) is -3.55. The van der Waals surface area contributed by atoms with E-state index in [1.165, 1.54) is 12.1 Å². The number of ketones is 1. The fourth-order valence-electron chi connectivity index (χ4n) is 4.63. The molecule has 2 atom stereocenters. The summed E-state index contributed by atoms with van der Waals surface area (Å²) in [5.74, 6) is -0.811. The van der Waals surface area contributed by atoms with Gasteiger partial charge in [0.25, 0.3) is 0 Å². The molecule has 7 heteroatoms. The van der Waals surface area contributed by atoms with Gasteiger partial charge in [0.05, 0.1) is 5.56 Å². The molecule has 0 aromatic heterocycles. The van der Waals surface area contributed by atoms with E-state index in [9.17, 15) is 22.8 Å². The van der Waals surface area contributed by atoms with Crippen LogP contribution in [0.4, 0.5) is 13.2 Å². The Kier molecular flexibility index (Phi) is 5.47. The Labute approximate surface area is 178 Å². The highest BCUT2D eigenvalue weighted by Crippen LogP contribution is 2.46. The van der Waals surface area contributed by atoms with Crippen LogP contribution < -0.4 is 0 Å². The van der Waals surface area contributed by atoms with E-state index in [0.717, 1.165) is 17.7 Å². The number of rotatable bonds is 3. The molecule has 4 rings (SSSR count). The van der Waals surface area contributed by atoms with Crippen molar-refractivity contribution in [1.29, 1.82) is 0 Å². The van der Waals surface area contributed by atoms with Crippen LogP contribution >= 0.6 is 0 Å². The molecule has 1 aliphatic heterocycles. The Morgan fingerprint density at radius 2 is 1.52 bits per heavy atom. The fourth-order valence-corrected chi connectivity index (χ4v) is 4.63. The lowest BCUT2D eigenvalue weighted by molar-refractivity contribution is -0.143. The molecule has 0 unspecified atom stereocenters. The van der Waals surface area contributed by atoms with E-state index in [0.29, 0.717) is 29.7 Å². The molecular weight excluding hydrogens is 405 g/mol. The number of benzene rings is 2. The van der Waals surface area contributed by atoms with Crippen molar-refractivity contribution >= 4 is 11.7 Å². The lowest BCUT2D eigenvalue weighted by atomic mass is 9.73. The maximum atomic E-state index is 13.3. The molecule has 1 heterocycles. The number of amides is 1. The highest BCUT2D eigenvalue weighted by molar-refractivity contribution is 6.02. The lowest BCUT2D eigenvalue weighted by Gasteiger charge is -2.42. The average molecular weight is 428 g/mol. The van der Waals surface area contributed by atoms with Crippen LogP contribution in [0.3, 0.4) is 0 Å². The monoisotopic (exact) mass is 428 g/mol. The van der Waals surface area contributed by atoms with Gasteiger partial charge >= 0.3 is 6.18 Å². The van der Waals surface area contributed by atoms with Crippen molar-refractivity contribution < 1.29 is 22.8 Å². The predicted molar refractivity (Wildman–Crippen MR) is 110 cm³/mol. The van der Waals surface area contributed by atoms with Gasteiger partial charge in [0.2, 0.25) is 5.91 Å². The quantitative estimate of drug-likeness (QED) is 0.698. The van der Waals surface area contributed by atoms with Gasteiger partial charge in [-0.1, -0.05) is 42.5 Å². The third kappa shape index (κ3) is 4.02. The largest absolute Gasteiger partial charge is 0.416 e. The van der Waals surface area contributed by atoms with Crippen molar-refractivity contribution in [1.82, 2.24) is 10.0 Å². The zero-order valence-electron chi connectivity index (χ0n) is 17.3. The summed E-state index contributed by atoms with van der Waals surface area (Å²) in [6.45, 7) is 0. The van der Waals surface area contributed by atoms with E-state index in [1.807, 2.05) is 30.3 Å². The van der Waals surface area contributed by atoms with Gasteiger partial charge < -0.3 is 0 Å². The first-order chi connectivity index (χ1) is 14.7.